The minimum atomic E-state index is -0.381. The average Bonchev–Trinajstić information content (AvgIpc) is 2.49. The number of rotatable bonds is 5. The van der Waals surface area contributed by atoms with E-state index in [-0.39, 0.29) is 11.7 Å². The number of ether oxygens (including phenoxy) is 1. The van der Waals surface area contributed by atoms with Gasteiger partial charge in [-0.15, -0.1) is 0 Å². The number of anilines is 1. The summed E-state index contributed by atoms with van der Waals surface area (Å²) in [5.74, 6) is -0.122. The van der Waals surface area contributed by atoms with Crippen LogP contribution in [0.1, 0.15) is 30.1 Å². The standard InChI is InChI=1S/C16H23FN2O2/c1-3-18-15-13(7-4-8-14(15)17)16(20)19-9-5-6-12(10-19)11-21-2/h4,7-8,12,18H,3,5-6,9-11H2,1-2H3. The molecule has 1 N–H and O–H groups in total. The molecule has 1 aliphatic heterocycles. The molecule has 116 valence electrons. The lowest BCUT2D eigenvalue weighted by atomic mass is 9.98. The Labute approximate surface area is 125 Å². The number of nitrogens with one attached hydrogen (secondary N) is 1. The van der Waals surface area contributed by atoms with E-state index in [1.54, 1.807) is 19.2 Å². The zero-order chi connectivity index (χ0) is 15.2. The van der Waals surface area contributed by atoms with Crippen LogP contribution in [0.5, 0.6) is 0 Å². The minimum Gasteiger partial charge on any atom is -0.384 e. The molecule has 1 unspecified atom stereocenters. The molecule has 0 spiro atoms. The van der Waals surface area contributed by atoms with E-state index < -0.39 is 0 Å². The Morgan fingerprint density at radius 2 is 2.33 bits per heavy atom. The van der Waals surface area contributed by atoms with Crippen LogP contribution in [0.15, 0.2) is 18.2 Å². The Hall–Kier alpha value is -1.62. The number of amides is 1. The summed E-state index contributed by atoms with van der Waals surface area (Å²) >= 11 is 0. The fraction of sp³-hybridized carbons (Fsp3) is 0.562. The molecule has 0 bridgehead atoms. The lowest BCUT2D eigenvalue weighted by Crippen LogP contribution is -2.41. The molecule has 2 rings (SSSR count). The first kappa shape index (κ1) is 15.8. The second kappa shape index (κ2) is 7.41. The molecule has 1 amide bonds. The predicted molar refractivity (Wildman–Crippen MR) is 81.1 cm³/mol. The van der Waals surface area contributed by atoms with Crippen LogP contribution in [-0.4, -0.2) is 44.2 Å². The summed E-state index contributed by atoms with van der Waals surface area (Å²) in [7, 11) is 1.68. The summed E-state index contributed by atoms with van der Waals surface area (Å²) in [6.07, 6.45) is 2.03. The molecule has 1 saturated heterocycles. The van der Waals surface area contributed by atoms with Crippen molar-refractivity contribution in [3.8, 4) is 0 Å². The Kier molecular flexibility index (Phi) is 5.56. The molecule has 0 aromatic heterocycles. The zero-order valence-corrected chi connectivity index (χ0v) is 12.7. The Balaban J connectivity index is 2.17. The van der Waals surface area contributed by atoms with Crippen LogP contribution in [-0.2, 0) is 4.74 Å². The Morgan fingerprint density at radius 3 is 3.05 bits per heavy atom. The van der Waals surface area contributed by atoms with Gasteiger partial charge in [0.05, 0.1) is 17.9 Å². The number of piperidine rings is 1. The normalized spacial score (nSPS) is 18.6. The maximum Gasteiger partial charge on any atom is 0.256 e. The van der Waals surface area contributed by atoms with Crippen molar-refractivity contribution in [2.45, 2.75) is 19.8 Å². The molecule has 1 atom stereocenters. The molecule has 5 heteroatoms. The summed E-state index contributed by atoms with van der Waals surface area (Å²) in [5, 5.41) is 2.95. The first-order valence-electron chi connectivity index (χ1n) is 7.48. The van der Waals surface area contributed by atoms with Crippen molar-refractivity contribution in [1.82, 2.24) is 4.90 Å². The highest BCUT2D eigenvalue weighted by molar-refractivity contribution is 5.99. The number of carbonyl (C=O) groups is 1. The number of benzene rings is 1. The zero-order valence-electron chi connectivity index (χ0n) is 12.7. The van der Waals surface area contributed by atoms with Crippen molar-refractivity contribution in [2.24, 2.45) is 5.92 Å². The van der Waals surface area contributed by atoms with Gasteiger partial charge in [0.15, 0.2) is 0 Å². The van der Waals surface area contributed by atoms with E-state index in [0.717, 1.165) is 19.4 Å². The van der Waals surface area contributed by atoms with E-state index in [1.807, 2.05) is 11.8 Å². The van der Waals surface area contributed by atoms with Gasteiger partial charge in [0, 0.05) is 26.7 Å². The van der Waals surface area contributed by atoms with E-state index in [9.17, 15) is 9.18 Å². The van der Waals surface area contributed by atoms with Crippen molar-refractivity contribution >= 4 is 11.6 Å². The largest absolute Gasteiger partial charge is 0.384 e. The maximum absolute atomic E-state index is 13.9. The Bertz CT molecular complexity index is 491. The van der Waals surface area contributed by atoms with Gasteiger partial charge >= 0.3 is 0 Å². The van der Waals surface area contributed by atoms with Crippen molar-refractivity contribution in [2.75, 3.05) is 38.7 Å². The quantitative estimate of drug-likeness (QED) is 0.908. The van der Waals surface area contributed by atoms with Crippen LogP contribution < -0.4 is 5.32 Å². The number of nitrogens with zero attached hydrogens (tertiary/aromatic N) is 1. The molecular weight excluding hydrogens is 271 g/mol. The van der Waals surface area contributed by atoms with Gasteiger partial charge in [-0.05, 0) is 37.8 Å². The molecule has 1 aromatic carbocycles. The fourth-order valence-electron chi connectivity index (χ4n) is 2.85. The SMILES string of the molecule is CCNc1c(F)cccc1C(=O)N1CCCC(COC)C1. The number of carbonyl (C=O) groups excluding carboxylic acids is 1. The molecule has 1 heterocycles. The van der Waals surface area contributed by atoms with Crippen molar-refractivity contribution in [3.63, 3.8) is 0 Å². The van der Waals surface area contributed by atoms with E-state index in [4.69, 9.17) is 4.74 Å². The second-order valence-electron chi connectivity index (χ2n) is 5.41. The maximum atomic E-state index is 13.9. The molecule has 0 aliphatic carbocycles. The smallest absolute Gasteiger partial charge is 0.256 e. The highest BCUT2D eigenvalue weighted by atomic mass is 19.1. The summed E-state index contributed by atoms with van der Waals surface area (Å²) in [6, 6.07) is 4.64. The van der Waals surface area contributed by atoms with Crippen LogP contribution in [0.4, 0.5) is 10.1 Å². The van der Waals surface area contributed by atoms with Gasteiger partial charge in [0.2, 0.25) is 0 Å². The molecule has 21 heavy (non-hydrogen) atoms. The number of likely N-dealkylation sites (tertiary alicyclic amines) is 1. The molecule has 1 fully saturated rings. The summed E-state index contributed by atoms with van der Waals surface area (Å²) in [5.41, 5.74) is 0.716. The van der Waals surface area contributed by atoms with E-state index in [0.29, 0.717) is 36.9 Å². The van der Waals surface area contributed by atoms with Gasteiger partial charge in [-0.25, -0.2) is 4.39 Å². The predicted octanol–water partition coefficient (Wildman–Crippen LogP) is 2.76. The van der Waals surface area contributed by atoms with Crippen LogP contribution in [0, 0.1) is 11.7 Å². The number of hydrogen-bond acceptors (Lipinski definition) is 3. The van der Waals surface area contributed by atoms with Gasteiger partial charge in [0.1, 0.15) is 5.82 Å². The molecule has 0 saturated carbocycles. The third kappa shape index (κ3) is 3.73. The topological polar surface area (TPSA) is 41.6 Å². The van der Waals surface area contributed by atoms with Gasteiger partial charge < -0.3 is 15.0 Å². The van der Waals surface area contributed by atoms with Crippen LogP contribution >= 0.6 is 0 Å². The molecule has 1 aromatic rings. The van der Waals surface area contributed by atoms with Crippen LogP contribution in [0.25, 0.3) is 0 Å². The second-order valence-corrected chi connectivity index (χ2v) is 5.41. The average molecular weight is 294 g/mol. The van der Waals surface area contributed by atoms with Crippen molar-refractivity contribution < 1.29 is 13.9 Å². The van der Waals surface area contributed by atoms with E-state index >= 15 is 0 Å². The summed E-state index contributed by atoms with van der Waals surface area (Å²) < 4.78 is 19.1. The lowest BCUT2D eigenvalue weighted by molar-refractivity contribution is 0.0571. The lowest BCUT2D eigenvalue weighted by Gasteiger charge is -2.33. The third-order valence-electron chi connectivity index (χ3n) is 3.81. The fourth-order valence-corrected chi connectivity index (χ4v) is 2.85. The number of para-hydroxylation sites is 1. The van der Waals surface area contributed by atoms with E-state index in [2.05, 4.69) is 5.32 Å². The highest BCUT2D eigenvalue weighted by Gasteiger charge is 2.26. The molecule has 1 aliphatic rings. The number of methoxy groups -OCH3 is 1. The molecule has 0 radical (unpaired) electrons. The molecular formula is C16H23FN2O2. The van der Waals surface area contributed by atoms with Gasteiger partial charge in [-0.2, -0.15) is 0 Å². The number of halogens is 1. The van der Waals surface area contributed by atoms with Gasteiger partial charge in [-0.3, -0.25) is 4.79 Å². The van der Waals surface area contributed by atoms with Gasteiger partial charge in [-0.1, -0.05) is 6.07 Å². The van der Waals surface area contributed by atoms with Crippen molar-refractivity contribution in [3.05, 3.63) is 29.6 Å². The highest BCUT2D eigenvalue weighted by Crippen LogP contribution is 2.24. The first-order chi connectivity index (χ1) is 10.2. The first-order valence-corrected chi connectivity index (χ1v) is 7.48. The summed E-state index contributed by atoms with van der Waals surface area (Å²) in [4.78, 5) is 14.5. The molecule has 4 nitrogen and oxygen atoms in total. The monoisotopic (exact) mass is 294 g/mol. The third-order valence-corrected chi connectivity index (χ3v) is 3.81. The minimum absolute atomic E-state index is 0.105. The Morgan fingerprint density at radius 1 is 1.52 bits per heavy atom. The van der Waals surface area contributed by atoms with Gasteiger partial charge in [0.25, 0.3) is 5.91 Å². The van der Waals surface area contributed by atoms with E-state index in [1.165, 1.54) is 6.07 Å². The summed E-state index contributed by atoms with van der Waals surface area (Å²) in [6.45, 7) is 4.52. The number of hydrogen-bond donors (Lipinski definition) is 1. The van der Waals surface area contributed by atoms with Crippen molar-refractivity contribution in [1.29, 1.82) is 0 Å². The van der Waals surface area contributed by atoms with Crippen LogP contribution in [0.3, 0.4) is 0 Å². The van der Waals surface area contributed by atoms with Crippen LogP contribution in [0.2, 0.25) is 0 Å².